The Hall–Kier alpha value is -3.19. The first kappa shape index (κ1) is 19.6. The second kappa shape index (κ2) is 8.67. The third-order valence-corrected chi connectivity index (χ3v) is 4.33. The van der Waals surface area contributed by atoms with Crippen molar-refractivity contribution in [3.05, 3.63) is 77.3 Å². The summed E-state index contributed by atoms with van der Waals surface area (Å²) in [4.78, 5) is 14.8. The lowest BCUT2D eigenvalue weighted by Crippen LogP contribution is -2.34. The monoisotopic (exact) mass is 383 g/mol. The number of anilines is 1. The van der Waals surface area contributed by atoms with E-state index in [4.69, 9.17) is 9.26 Å². The molecule has 1 amide bonds. The minimum atomic E-state index is -0.594. The number of aryl methyl sites for hydroxylation is 1. The van der Waals surface area contributed by atoms with Gasteiger partial charge < -0.3 is 14.6 Å². The van der Waals surface area contributed by atoms with Crippen LogP contribution in [-0.2, 0) is 11.3 Å². The van der Waals surface area contributed by atoms with Gasteiger partial charge in [0.25, 0.3) is 0 Å². The molecule has 0 saturated heterocycles. The number of methoxy groups -OCH3 is 1. The summed E-state index contributed by atoms with van der Waals surface area (Å²) in [6, 6.07) is 15.2. The topological polar surface area (TPSA) is 67.6 Å². The summed E-state index contributed by atoms with van der Waals surface area (Å²) in [7, 11) is 3.24. The molecule has 0 spiro atoms. The number of nitrogens with one attached hydrogen (secondary N) is 1. The predicted molar refractivity (Wildman–Crippen MR) is 103 cm³/mol. The number of benzene rings is 2. The van der Waals surface area contributed by atoms with E-state index in [2.05, 4.69) is 10.5 Å². The van der Waals surface area contributed by atoms with Crippen molar-refractivity contribution >= 4 is 11.7 Å². The van der Waals surface area contributed by atoms with Crippen LogP contribution in [0.1, 0.15) is 22.9 Å². The number of likely N-dealkylation sites (N-methyl/N-ethyl adjacent to an activating group) is 1. The molecule has 0 radical (unpaired) electrons. The van der Waals surface area contributed by atoms with Gasteiger partial charge in [0, 0.05) is 12.6 Å². The van der Waals surface area contributed by atoms with Gasteiger partial charge in [-0.25, -0.2) is 4.39 Å². The Balaban J connectivity index is 1.83. The fraction of sp³-hybridized carbons (Fsp3) is 0.238. The van der Waals surface area contributed by atoms with Crippen molar-refractivity contribution in [2.45, 2.75) is 19.5 Å². The minimum absolute atomic E-state index is 0.185. The van der Waals surface area contributed by atoms with Crippen molar-refractivity contribution in [1.29, 1.82) is 0 Å². The molecule has 0 aliphatic rings. The molecule has 0 fully saturated rings. The first-order chi connectivity index (χ1) is 13.5. The van der Waals surface area contributed by atoms with Gasteiger partial charge in [-0.05, 0) is 37.2 Å². The highest BCUT2D eigenvalue weighted by atomic mass is 19.1. The molecular formula is C21H22FN3O3. The quantitative estimate of drug-likeness (QED) is 0.669. The van der Waals surface area contributed by atoms with E-state index in [1.807, 2.05) is 42.3 Å². The molecule has 7 heteroatoms. The Kier molecular flexibility index (Phi) is 6.06. The number of aromatic nitrogens is 1. The highest BCUT2D eigenvalue weighted by molar-refractivity contribution is 5.94. The van der Waals surface area contributed by atoms with E-state index in [1.54, 1.807) is 25.1 Å². The molecule has 0 saturated carbocycles. The number of rotatable bonds is 7. The van der Waals surface area contributed by atoms with Crippen molar-refractivity contribution in [1.82, 2.24) is 10.1 Å². The molecule has 1 atom stereocenters. The van der Waals surface area contributed by atoms with Crippen LogP contribution in [-0.4, -0.2) is 30.1 Å². The Labute approximate surface area is 162 Å². The van der Waals surface area contributed by atoms with Crippen molar-refractivity contribution in [2.24, 2.45) is 0 Å². The maximum absolute atomic E-state index is 14.0. The predicted octanol–water partition coefficient (Wildman–Crippen LogP) is 3.94. The molecule has 6 nitrogen and oxygen atoms in total. The zero-order valence-corrected chi connectivity index (χ0v) is 16.0. The number of halogens is 1. The molecule has 3 aromatic rings. The first-order valence-electron chi connectivity index (χ1n) is 8.79. The van der Waals surface area contributed by atoms with Crippen LogP contribution in [0.15, 0.2) is 59.1 Å². The molecule has 1 aromatic heterocycles. The fourth-order valence-electron chi connectivity index (χ4n) is 3.05. The summed E-state index contributed by atoms with van der Waals surface area (Å²) in [6.45, 7) is 2.12. The van der Waals surface area contributed by atoms with Gasteiger partial charge in [-0.1, -0.05) is 41.6 Å². The Bertz CT molecular complexity index is 943. The molecular weight excluding hydrogens is 361 g/mol. The normalized spacial score (nSPS) is 12.0. The average molecular weight is 383 g/mol. The van der Waals surface area contributed by atoms with Crippen LogP contribution in [0.5, 0.6) is 5.75 Å². The van der Waals surface area contributed by atoms with Gasteiger partial charge in [0.2, 0.25) is 5.91 Å². The maximum atomic E-state index is 14.0. The summed E-state index contributed by atoms with van der Waals surface area (Å²) < 4.78 is 24.0. The van der Waals surface area contributed by atoms with Crippen LogP contribution >= 0.6 is 0 Å². The van der Waals surface area contributed by atoms with Gasteiger partial charge in [-0.2, -0.15) is 0 Å². The standard InChI is InChI=1S/C21H22FN3O3/c1-14-11-19(24-28-14)23-21(26)20(16-7-5-4-6-8-16)25(2)13-15-9-10-18(27-3)17(22)12-15/h4-12,20H,13H2,1-3H3,(H,23,24,26)/t20-/m0/s1. The van der Waals surface area contributed by atoms with E-state index in [1.165, 1.54) is 13.2 Å². The van der Waals surface area contributed by atoms with Crippen LogP contribution in [0.25, 0.3) is 0 Å². The Morgan fingerprint density at radius 2 is 2.00 bits per heavy atom. The number of nitrogens with zero attached hydrogens (tertiary/aromatic N) is 2. The highest BCUT2D eigenvalue weighted by Crippen LogP contribution is 2.25. The van der Waals surface area contributed by atoms with Gasteiger partial charge in [0.05, 0.1) is 7.11 Å². The van der Waals surface area contributed by atoms with E-state index in [-0.39, 0.29) is 11.7 Å². The van der Waals surface area contributed by atoms with Crippen LogP contribution < -0.4 is 10.1 Å². The molecule has 0 aliphatic heterocycles. The third-order valence-electron chi connectivity index (χ3n) is 4.33. The molecule has 28 heavy (non-hydrogen) atoms. The molecule has 0 bridgehead atoms. The average Bonchev–Trinajstić information content (AvgIpc) is 3.07. The van der Waals surface area contributed by atoms with Crippen molar-refractivity contribution in [3.63, 3.8) is 0 Å². The second-order valence-electron chi connectivity index (χ2n) is 6.51. The largest absolute Gasteiger partial charge is 0.494 e. The Morgan fingerprint density at radius 1 is 1.25 bits per heavy atom. The molecule has 2 aromatic carbocycles. The third kappa shape index (κ3) is 4.55. The summed E-state index contributed by atoms with van der Waals surface area (Å²) in [5, 5.41) is 6.59. The van der Waals surface area contributed by atoms with Gasteiger partial charge in [-0.15, -0.1) is 0 Å². The smallest absolute Gasteiger partial charge is 0.247 e. The van der Waals surface area contributed by atoms with Crippen LogP contribution in [0.2, 0.25) is 0 Å². The number of hydrogen-bond acceptors (Lipinski definition) is 5. The fourth-order valence-corrected chi connectivity index (χ4v) is 3.05. The lowest BCUT2D eigenvalue weighted by atomic mass is 10.0. The summed E-state index contributed by atoms with van der Waals surface area (Å²) >= 11 is 0. The molecule has 0 aliphatic carbocycles. The number of amides is 1. The molecule has 146 valence electrons. The van der Waals surface area contributed by atoms with E-state index >= 15 is 0 Å². The number of carbonyl (C=O) groups is 1. The lowest BCUT2D eigenvalue weighted by Gasteiger charge is -2.27. The number of hydrogen-bond donors (Lipinski definition) is 1. The SMILES string of the molecule is COc1ccc(CN(C)[C@H](C(=O)Nc2cc(C)on2)c2ccccc2)cc1F. The number of carbonyl (C=O) groups excluding carboxylic acids is 1. The zero-order valence-electron chi connectivity index (χ0n) is 16.0. The second-order valence-corrected chi connectivity index (χ2v) is 6.51. The van der Waals surface area contributed by atoms with Crippen molar-refractivity contribution in [3.8, 4) is 5.75 Å². The molecule has 1 heterocycles. The van der Waals surface area contributed by atoms with Crippen LogP contribution in [0, 0.1) is 12.7 Å². The minimum Gasteiger partial charge on any atom is -0.494 e. The van der Waals surface area contributed by atoms with E-state index in [0.29, 0.717) is 18.1 Å². The lowest BCUT2D eigenvalue weighted by molar-refractivity contribution is -0.121. The number of ether oxygens (including phenoxy) is 1. The van der Waals surface area contributed by atoms with Gasteiger partial charge in [0.15, 0.2) is 17.4 Å². The summed E-state index contributed by atoms with van der Waals surface area (Å²) in [5.41, 5.74) is 1.54. The zero-order chi connectivity index (χ0) is 20.1. The van der Waals surface area contributed by atoms with E-state index < -0.39 is 11.9 Å². The molecule has 0 unspecified atom stereocenters. The highest BCUT2D eigenvalue weighted by Gasteiger charge is 2.26. The van der Waals surface area contributed by atoms with E-state index in [9.17, 15) is 9.18 Å². The Morgan fingerprint density at radius 3 is 2.61 bits per heavy atom. The molecule has 1 N–H and O–H groups in total. The van der Waals surface area contributed by atoms with Gasteiger partial charge in [-0.3, -0.25) is 9.69 Å². The summed E-state index contributed by atoms with van der Waals surface area (Å²) in [5.74, 6) is 0.453. The first-order valence-corrected chi connectivity index (χ1v) is 8.79. The van der Waals surface area contributed by atoms with Gasteiger partial charge in [0.1, 0.15) is 11.8 Å². The van der Waals surface area contributed by atoms with E-state index in [0.717, 1.165) is 11.1 Å². The van der Waals surface area contributed by atoms with Crippen LogP contribution in [0.4, 0.5) is 10.2 Å². The van der Waals surface area contributed by atoms with Crippen molar-refractivity contribution in [2.75, 3.05) is 19.5 Å². The van der Waals surface area contributed by atoms with Crippen LogP contribution in [0.3, 0.4) is 0 Å². The molecule has 3 rings (SSSR count). The van der Waals surface area contributed by atoms with Crippen molar-refractivity contribution < 1.29 is 18.4 Å². The van der Waals surface area contributed by atoms with Gasteiger partial charge >= 0.3 is 0 Å². The summed E-state index contributed by atoms with van der Waals surface area (Å²) in [6.07, 6.45) is 0. The maximum Gasteiger partial charge on any atom is 0.247 e.